The highest BCUT2D eigenvalue weighted by molar-refractivity contribution is 7.99. The predicted octanol–water partition coefficient (Wildman–Crippen LogP) is 2.24. The van der Waals surface area contributed by atoms with E-state index in [4.69, 9.17) is 4.74 Å². The van der Waals surface area contributed by atoms with Crippen LogP contribution in [0.1, 0.15) is 12.5 Å². The van der Waals surface area contributed by atoms with Gasteiger partial charge in [-0.15, -0.1) is 10.2 Å². The SMILES string of the molecule is CCOCC(O)CSc1nnc2ccc(C(F)(F)F)cn12. The molecule has 0 spiro atoms. The van der Waals surface area contributed by atoms with Crippen molar-refractivity contribution in [1.82, 2.24) is 14.6 Å². The van der Waals surface area contributed by atoms with Crippen LogP contribution in [0.2, 0.25) is 0 Å². The van der Waals surface area contributed by atoms with Crippen molar-refractivity contribution in [2.24, 2.45) is 0 Å². The standard InChI is InChI=1S/C12H14F3N3O2S/c1-2-20-6-9(19)7-21-11-17-16-10-4-3-8(5-18(10)11)12(13,14)15/h3-5,9,19H,2,6-7H2,1H3. The number of ether oxygens (including phenoxy) is 1. The van der Waals surface area contributed by atoms with Crippen molar-refractivity contribution in [2.75, 3.05) is 19.0 Å². The number of pyridine rings is 1. The zero-order valence-corrected chi connectivity index (χ0v) is 12.0. The minimum atomic E-state index is -4.42. The lowest BCUT2D eigenvalue weighted by Gasteiger charge is -2.10. The van der Waals surface area contributed by atoms with Gasteiger partial charge in [0.05, 0.1) is 18.3 Å². The Labute approximate surface area is 123 Å². The molecule has 0 amide bonds. The molecular weight excluding hydrogens is 307 g/mol. The third-order valence-corrected chi connectivity index (χ3v) is 3.71. The summed E-state index contributed by atoms with van der Waals surface area (Å²) in [7, 11) is 0. The molecule has 0 bridgehead atoms. The van der Waals surface area contributed by atoms with Gasteiger partial charge >= 0.3 is 6.18 Å². The quantitative estimate of drug-likeness (QED) is 0.827. The van der Waals surface area contributed by atoms with E-state index in [9.17, 15) is 18.3 Å². The summed E-state index contributed by atoms with van der Waals surface area (Å²) >= 11 is 1.13. The summed E-state index contributed by atoms with van der Waals surface area (Å²) in [5.74, 6) is 0.261. The van der Waals surface area contributed by atoms with Gasteiger partial charge in [0, 0.05) is 18.6 Å². The van der Waals surface area contributed by atoms with Gasteiger partial charge in [-0.2, -0.15) is 13.2 Å². The summed E-state index contributed by atoms with van der Waals surface area (Å²) in [5.41, 5.74) is -0.448. The van der Waals surface area contributed by atoms with Gasteiger partial charge in [0.2, 0.25) is 0 Å². The van der Waals surface area contributed by atoms with E-state index in [1.165, 1.54) is 10.5 Å². The lowest BCUT2D eigenvalue weighted by molar-refractivity contribution is -0.137. The molecule has 0 radical (unpaired) electrons. The van der Waals surface area contributed by atoms with Crippen LogP contribution < -0.4 is 0 Å². The highest BCUT2D eigenvalue weighted by atomic mass is 32.2. The van der Waals surface area contributed by atoms with Gasteiger partial charge < -0.3 is 9.84 Å². The fraction of sp³-hybridized carbons (Fsp3) is 0.500. The molecule has 5 nitrogen and oxygen atoms in total. The summed E-state index contributed by atoms with van der Waals surface area (Å²) < 4.78 is 44.4. The molecule has 2 heterocycles. The third-order valence-electron chi connectivity index (χ3n) is 2.62. The first-order valence-corrected chi connectivity index (χ1v) is 7.21. The van der Waals surface area contributed by atoms with E-state index in [0.29, 0.717) is 17.4 Å². The minimum absolute atomic E-state index is 0.175. The number of hydrogen-bond acceptors (Lipinski definition) is 5. The fourth-order valence-electron chi connectivity index (χ4n) is 1.61. The van der Waals surface area contributed by atoms with Crippen LogP contribution in [0.4, 0.5) is 13.2 Å². The second kappa shape index (κ2) is 6.63. The normalized spacial score (nSPS) is 13.8. The summed E-state index contributed by atoms with van der Waals surface area (Å²) in [6.07, 6.45) is -4.19. The number of aliphatic hydroxyl groups is 1. The number of nitrogens with zero attached hydrogens (tertiary/aromatic N) is 3. The molecule has 21 heavy (non-hydrogen) atoms. The van der Waals surface area contributed by atoms with Crippen LogP contribution >= 0.6 is 11.8 Å². The molecule has 1 N–H and O–H groups in total. The molecule has 2 aromatic rings. The van der Waals surface area contributed by atoms with Crippen LogP contribution in [0.3, 0.4) is 0 Å². The van der Waals surface area contributed by atoms with Crippen molar-refractivity contribution in [3.05, 3.63) is 23.9 Å². The highest BCUT2D eigenvalue weighted by Gasteiger charge is 2.31. The average molecular weight is 321 g/mol. The van der Waals surface area contributed by atoms with Gasteiger partial charge in [0.25, 0.3) is 0 Å². The molecule has 0 aliphatic carbocycles. The highest BCUT2D eigenvalue weighted by Crippen LogP contribution is 2.30. The van der Waals surface area contributed by atoms with Crippen LogP contribution in [0.15, 0.2) is 23.5 Å². The summed E-state index contributed by atoms with van der Waals surface area (Å²) in [6.45, 7) is 2.48. The summed E-state index contributed by atoms with van der Waals surface area (Å²) in [6, 6.07) is 2.22. The Bertz CT molecular complexity index is 603. The lowest BCUT2D eigenvalue weighted by atomic mass is 10.3. The first-order valence-electron chi connectivity index (χ1n) is 6.22. The predicted molar refractivity (Wildman–Crippen MR) is 71.2 cm³/mol. The van der Waals surface area contributed by atoms with E-state index >= 15 is 0 Å². The first-order chi connectivity index (χ1) is 9.91. The topological polar surface area (TPSA) is 59.7 Å². The number of alkyl halides is 3. The largest absolute Gasteiger partial charge is 0.417 e. The fourth-order valence-corrected chi connectivity index (χ4v) is 2.43. The molecule has 0 saturated carbocycles. The van der Waals surface area contributed by atoms with E-state index in [-0.39, 0.29) is 12.4 Å². The Morgan fingerprint density at radius 1 is 1.38 bits per heavy atom. The van der Waals surface area contributed by atoms with Crippen molar-refractivity contribution in [2.45, 2.75) is 24.4 Å². The van der Waals surface area contributed by atoms with E-state index in [2.05, 4.69) is 10.2 Å². The Balaban J connectivity index is 2.13. The number of hydrogen-bond donors (Lipinski definition) is 1. The third kappa shape index (κ3) is 4.08. The zero-order valence-electron chi connectivity index (χ0n) is 11.2. The summed E-state index contributed by atoms with van der Waals surface area (Å²) in [4.78, 5) is 0. The van der Waals surface area contributed by atoms with Crippen LogP contribution in [-0.4, -0.2) is 44.8 Å². The Morgan fingerprint density at radius 2 is 2.14 bits per heavy atom. The molecule has 0 aromatic carbocycles. The Morgan fingerprint density at radius 3 is 2.81 bits per heavy atom. The smallest absolute Gasteiger partial charge is 0.390 e. The van der Waals surface area contributed by atoms with Crippen molar-refractivity contribution in [3.8, 4) is 0 Å². The van der Waals surface area contributed by atoms with E-state index in [1.807, 2.05) is 6.92 Å². The van der Waals surface area contributed by atoms with Gasteiger partial charge in [0.1, 0.15) is 0 Å². The number of thioether (sulfide) groups is 1. The van der Waals surface area contributed by atoms with Gasteiger partial charge in [-0.1, -0.05) is 11.8 Å². The van der Waals surface area contributed by atoms with Gasteiger partial charge in [-0.3, -0.25) is 4.40 Å². The molecule has 2 rings (SSSR count). The van der Waals surface area contributed by atoms with Crippen molar-refractivity contribution >= 4 is 17.4 Å². The first kappa shape index (κ1) is 16.1. The van der Waals surface area contributed by atoms with Crippen molar-refractivity contribution in [1.29, 1.82) is 0 Å². The number of rotatable bonds is 6. The molecule has 0 aliphatic heterocycles. The minimum Gasteiger partial charge on any atom is -0.390 e. The van der Waals surface area contributed by atoms with Gasteiger partial charge in [0.15, 0.2) is 10.8 Å². The van der Waals surface area contributed by atoms with E-state index < -0.39 is 17.8 Å². The van der Waals surface area contributed by atoms with E-state index in [0.717, 1.165) is 24.0 Å². The van der Waals surface area contributed by atoms with Crippen LogP contribution in [0, 0.1) is 0 Å². The molecular formula is C12H14F3N3O2S. The van der Waals surface area contributed by atoms with Crippen LogP contribution in [0.5, 0.6) is 0 Å². The molecule has 9 heteroatoms. The maximum atomic E-state index is 12.7. The second-order valence-electron chi connectivity index (χ2n) is 4.25. The monoisotopic (exact) mass is 321 g/mol. The molecule has 0 aliphatic rings. The van der Waals surface area contributed by atoms with E-state index in [1.54, 1.807) is 0 Å². The molecule has 1 unspecified atom stereocenters. The maximum absolute atomic E-state index is 12.7. The molecule has 0 fully saturated rings. The van der Waals surface area contributed by atoms with Crippen molar-refractivity contribution < 1.29 is 23.0 Å². The zero-order chi connectivity index (χ0) is 15.5. The van der Waals surface area contributed by atoms with Gasteiger partial charge in [-0.05, 0) is 19.1 Å². The Kier molecular flexibility index (Phi) is 5.07. The molecule has 2 aromatic heterocycles. The van der Waals surface area contributed by atoms with Crippen LogP contribution in [0.25, 0.3) is 5.65 Å². The lowest BCUT2D eigenvalue weighted by Crippen LogP contribution is -2.18. The maximum Gasteiger partial charge on any atom is 0.417 e. The number of aliphatic hydroxyl groups excluding tert-OH is 1. The number of aromatic nitrogens is 3. The average Bonchev–Trinajstić information content (AvgIpc) is 2.84. The number of halogens is 3. The molecule has 0 saturated heterocycles. The van der Waals surface area contributed by atoms with Crippen molar-refractivity contribution in [3.63, 3.8) is 0 Å². The molecule has 116 valence electrons. The molecule has 1 atom stereocenters. The van der Waals surface area contributed by atoms with Gasteiger partial charge in [-0.25, -0.2) is 0 Å². The second-order valence-corrected chi connectivity index (χ2v) is 5.24. The number of fused-ring (bicyclic) bond motifs is 1. The summed E-state index contributed by atoms with van der Waals surface area (Å²) in [5, 5.41) is 17.6. The van der Waals surface area contributed by atoms with Crippen LogP contribution in [-0.2, 0) is 10.9 Å². The Hall–Kier alpha value is -1.32.